The molecule has 1 aromatic heterocycles. The Morgan fingerprint density at radius 1 is 1.44 bits per heavy atom. The Morgan fingerprint density at radius 3 is 2.78 bits per heavy atom. The minimum atomic E-state index is -3.51. The summed E-state index contributed by atoms with van der Waals surface area (Å²) in [7, 11) is -1.98. The third-order valence-electron chi connectivity index (χ3n) is 2.27. The van der Waals surface area contributed by atoms with Gasteiger partial charge in [-0.15, -0.1) is 0 Å². The average Bonchev–Trinajstić information content (AvgIpc) is 2.37. The predicted molar refractivity (Wildman–Crippen MR) is 68.3 cm³/mol. The first-order valence-corrected chi connectivity index (χ1v) is 6.97. The zero-order chi connectivity index (χ0) is 13.6. The van der Waals surface area contributed by atoms with Gasteiger partial charge in [0.25, 0.3) is 0 Å². The molecule has 0 spiro atoms. The van der Waals surface area contributed by atoms with E-state index in [1.54, 1.807) is 0 Å². The van der Waals surface area contributed by atoms with E-state index < -0.39 is 10.0 Å². The van der Waals surface area contributed by atoms with Crippen molar-refractivity contribution in [3.63, 3.8) is 0 Å². The Balaban J connectivity index is 3.10. The number of hydrogen-bond donors (Lipinski definition) is 1. The van der Waals surface area contributed by atoms with E-state index in [1.165, 1.54) is 29.8 Å². The third kappa shape index (κ3) is 3.53. The van der Waals surface area contributed by atoms with E-state index in [-0.39, 0.29) is 11.5 Å². The first kappa shape index (κ1) is 14.6. The van der Waals surface area contributed by atoms with E-state index in [4.69, 9.17) is 5.11 Å². The predicted octanol–water partition coefficient (Wildman–Crippen LogP) is 0.456. The maximum Gasteiger partial charge on any atom is 0.244 e. The Bertz CT molecular complexity index is 558. The number of pyridine rings is 1. The highest BCUT2D eigenvalue weighted by atomic mass is 32.2. The van der Waals surface area contributed by atoms with Crippen molar-refractivity contribution in [1.29, 1.82) is 0 Å². The molecule has 0 aliphatic rings. The van der Waals surface area contributed by atoms with Crippen LogP contribution in [-0.4, -0.2) is 43.0 Å². The molecule has 6 heteroatoms. The molecule has 0 atom stereocenters. The second kappa shape index (κ2) is 6.50. The summed E-state index contributed by atoms with van der Waals surface area (Å²) < 4.78 is 25.6. The van der Waals surface area contributed by atoms with Gasteiger partial charge in [-0.2, -0.15) is 0 Å². The fraction of sp³-hybridized carbons (Fsp3) is 0.417. The SMILES string of the molecule is CCCN(C)S(=O)(=O)c1cncc(C#CCO)c1. The van der Waals surface area contributed by atoms with Gasteiger partial charge in [0.05, 0.1) is 0 Å². The molecule has 1 heterocycles. The normalized spacial score (nSPS) is 11.1. The lowest BCUT2D eigenvalue weighted by Crippen LogP contribution is -2.27. The highest BCUT2D eigenvalue weighted by molar-refractivity contribution is 7.89. The Labute approximate surface area is 108 Å². The van der Waals surface area contributed by atoms with Gasteiger partial charge in [-0.3, -0.25) is 4.98 Å². The van der Waals surface area contributed by atoms with E-state index in [9.17, 15) is 8.42 Å². The van der Waals surface area contributed by atoms with Crippen molar-refractivity contribution in [3.8, 4) is 11.8 Å². The number of aliphatic hydroxyl groups excluding tert-OH is 1. The maximum absolute atomic E-state index is 12.1. The molecule has 0 fully saturated rings. The quantitative estimate of drug-likeness (QED) is 0.805. The third-order valence-corrected chi connectivity index (χ3v) is 4.09. The largest absolute Gasteiger partial charge is 0.384 e. The van der Waals surface area contributed by atoms with Crippen molar-refractivity contribution < 1.29 is 13.5 Å². The van der Waals surface area contributed by atoms with Gasteiger partial charge in [0.1, 0.15) is 11.5 Å². The van der Waals surface area contributed by atoms with Gasteiger partial charge in [0.2, 0.25) is 10.0 Å². The monoisotopic (exact) mass is 268 g/mol. The molecule has 0 saturated heterocycles. The summed E-state index contributed by atoms with van der Waals surface area (Å²) in [6, 6.07) is 1.46. The standard InChI is InChI=1S/C12H16N2O3S/c1-3-6-14(2)18(16,17)12-8-11(5-4-7-15)9-13-10-12/h8-10,15H,3,6-7H2,1-2H3. The number of hydrogen-bond acceptors (Lipinski definition) is 4. The summed E-state index contributed by atoms with van der Waals surface area (Å²) in [6.45, 7) is 2.09. The van der Waals surface area contributed by atoms with Crippen LogP contribution < -0.4 is 0 Å². The van der Waals surface area contributed by atoms with Crippen LogP contribution in [-0.2, 0) is 10.0 Å². The highest BCUT2D eigenvalue weighted by Gasteiger charge is 2.20. The topological polar surface area (TPSA) is 70.5 Å². The van der Waals surface area contributed by atoms with E-state index in [0.717, 1.165) is 6.42 Å². The first-order valence-electron chi connectivity index (χ1n) is 5.53. The number of rotatable bonds is 4. The zero-order valence-corrected chi connectivity index (χ0v) is 11.2. The van der Waals surface area contributed by atoms with Crippen LogP contribution in [0.3, 0.4) is 0 Å². The number of nitrogens with zero attached hydrogens (tertiary/aromatic N) is 2. The molecule has 0 bridgehead atoms. The van der Waals surface area contributed by atoms with E-state index in [1.807, 2.05) is 6.92 Å². The Kier molecular flexibility index (Phi) is 5.28. The summed E-state index contributed by atoms with van der Waals surface area (Å²) in [6.07, 6.45) is 3.50. The summed E-state index contributed by atoms with van der Waals surface area (Å²) in [5.74, 6) is 5.09. The second-order valence-electron chi connectivity index (χ2n) is 3.70. The average molecular weight is 268 g/mol. The molecule has 0 radical (unpaired) electrons. The molecular weight excluding hydrogens is 252 g/mol. The van der Waals surface area contributed by atoms with Crippen molar-refractivity contribution in [2.24, 2.45) is 0 Å². The van der Waals surface area contributed by atoms with Crippen LogP contribution in [0.4, 0.5) is 0 Å². The first-order chi connectivity index (χ1) is 8.52. The number of aliphatic hydroxyl groups is 1. The summed E-state index contributed by atoms with van der Waals surface area (Å²) in [5, 5.41) is 8.59. The van der Waals surface area contributed by atoms with Crippen LogP contribution in [0.15, 0.2) is 23.4 Å². The molecular formula is C12H16N2O3S. The molecule has 0 aliphatic carbocycles. The molecule has 5 nitrogen and oxygen atoms in total. The fourth-order valence-electron chi connectivity index (χ4n) is 1.38. The van der Waals surface area contributed by atoms with Gasteiger partial charge < -0.3 is 5.11 Å². The molecule has 0 aliphatic heterocycles. The van der Waals surface area contributed by atoms with Gasteiger partial charge in [-0.25, -0.2) is 12.7 Å². The van der Waals surface area contributed by atoms with E-state index in [0.29, 0.717) is 12.1 Å². The zero-order valence-electron chi connectivity index (χ0n) is 10.4. The minimum Gasteiger partial charge on any atom is -0.384 e. The molecule has 0 amide bonds. The molecule has 1 N–H and O–H groups in total. The van der Waals surface area contributed by atoms with Crippen molar-refractivity contribution >= 4 is 10.0 Å². The molecule has 1 rings (SSSR count). The van der Waals surface area contributed by atoms with Gasteiger partial charge in [-0.1, -0.05) is 18.8 Å². The van der Waals surface area contributed by atoms with Crippen molar-refractivity contribution in [3.05, 3.63) is 24.0 Å². The molecule has 98 valence electrons. The lowest BCUT2D eigenvalue weighted by atomic mass is 10.3. The van der Waals surface area contributed by atoms with Gasteiger partial charge >= 0.3 is 0 Å². The van der Waals surface area contributed by atoms with Crippen LogP contribution in [0.25, 0.3) is 0 Å². The summed E-state index contributed by atoms with van der Waals surface area (Å²) in [4.78, 5) is 3.97. The lowest BCUT2D eigenvalue weighted by Gasteiger charge is -2.15. The van der Waals surface area contributed by atoms with Gasteiger partial charge in [0, 0.05) is 31.5 Å². The van der Waals surface area contributed by atoms with Gasteiger partial charge in [0.15, 0.2) is 0 Å². The summed E-state index contributed by atoms with van der Waals surface area (Å²) >= 11 is 0. The fourth-order valence-corrected chi connectivity index (χ4v) is 2.64. The van der Waals surface area contributed by atoms with Crippen LogP contribution >= 0.6 is 0 Å². The van der Waals surface area contributed by atoms with E-state index in [2.05, 4.69) is 16.8 Å². The molecule has 0 unspecified atom stereocenters. The summed E-state index contributed by atoms with van der Waals surface area (Å²) in [5.41, 5.74) is 0.468. The molecule has 0 saturated carbocycles. The van der Waals surface area contributed by atoms with Crippen LogP contribution in [0.1, 0.15) is 18.9 Å². The maximum atomic E-state index is 12.1. The van der Waals surface area contributed by atoms with Crippen LogP contribution in [0, 0.1) is 11.8 Å². The van der Waals surface area contributed by atoms with Crippen molar-refractivity contribution in [2.45, 2.75) is 18.2 Å². The second-order valence-corrected chi connectivity index (χ2v) is 5.74. The number of sulfonamides is 1. The van der Waals surface area contributed by atoms with Crippen LogP contribution in [0.2, 0.25) is 0 Å². The van der Waals surface area contributed by atoms with Crippen LogP contribution in [0.5, 0.6) is 0 Å². The molecule has 0 aromatic carbocycles. The van der Waals surface area contributed by atoms with Crippen molar-refractivity contribution in [2.75, 3.05) is 20.2 Å². The van der Waals surface area contributed by atoms with E-state index >= 15 is 0 Å². The highest BCUT2D eigenvalue weighted by Crippen LogP contribution is 2.14. The Morgan fingerprint density at radius 2 is 2.17 bits per heavy atom. The Hall–Kier alpha value is -1.42. The molecule has 18 heavy (non-hydrogen) atoms. The smallest absolute Gasteiger partial charge is 0.244 e. The van der Waals surface area contributed by atoms with Crippen molar-refractivity contribution in [1.82, 2.24) is 9.29 Å². The number of aromatic nitrogens is 1. The van der Waals surface area contributed by atoms with Gasteiger partial charge in [-0.05, 0) is 12.5 Å². The minimum absolute atomic E-state index is 0.114. The molecule has 1 aromatic rings. The lowest BCUT2D eigenvalue weighted by molar-refractivity contribution is 0.350.